The summed E-state index contributed by atoms with van der Waals surface area (Å²) in [5.41, 5.74) is 9.29. The van der Waals surface area contributed by atoms with Crippen molar-refractivity contribution in [1.82, 2.24) is 4.98 Å². The van der Waals surface area contributed by atoms with Crippen molar-refractivity contribution < 1.29 is 0 Å². The van der Waals surface area contributed by atoms with Gasteiger partial charge in [0.05, 0.1) is 17.6 Å². The Labute approximate surface area is 129 Å². The van der Waals surface area contributed by atoms with Crippen LogP contribution in [0.25, 0.3) is 0 Å². The van der Waals surface area contributed by atoms with Gasteiger partial charge in [-0.05, 0) is 36.2 Å². The fraction of sp³-hybridized carbons (Fsp3) is 0.312. The summed E-state index contributed by atoms with van der Waals surface area (Å²) < 4.78 is 1.10. The third-order valence-corrected chi connectivity index (χ3v) is 3.83. The maximum atomic E-state index is 5.98. The first kappa shape index (κ1) is 15.0. The SMILES string of the molecule is CC[C@@H](N)c1ccc(N(C)Cc2cccc(Br)c2)cn1. The van der Waals surface area contributed by atoms with Crippen LogP contribution >= 0.6 is 15.9 Å². The van der Waals surface area contributed by atoms with Crippen LogP contribution in [0.5, 0.6) is 0 Å². The maximum absolute atomic E-state index is 5.98. The zero-order chi connectivity index (χ0) is 14.5. The first-order valence-corrected chi connectivity index (χ1v) is 7.56. The number of pyridine rings is 1. The molecule has 1 aromatic carbocycles. The number of benzene rings is 1. The quantitative estimate of drug-likeness (QED) is 0.902. The Bertz CT molecular complexity index is 554. The molecule has 2 aromatic rings. The molecule has 0 unspecified atom stereocenters. The van der Waals surface area contributed by atoms with Gasteiger partial charge in [0.25, 0.3) is 0 Å². The summed E-state index contributed by atoms with van der Waals surface area (Å²) in [7, 11) is 2.07. The number of hydrogen-bond acceptors (Lipinski definition) is 3. The van der Waals surface area contributed by atoms with E-state index in [2.05, 4.69) is 64.1 Å². The number of rotatable bonds is 5. The van der Waals surface area contributed by atoms with Crippen LogP contribution in [0.3, 0.4) is 0 Å². The number of aromatic nitrogens is 1. The van der Waals surface area contributed by atoms with Crippen molar-refractivity contribution in [2.75, 3.05) is 11.9 Å². The number of anilines is 1. The van der Waals surface area contributed by atoms with E-state index < -0.39 is 0 Å². The molecule has 1 atom stereocenters. The lowest BCUT2D eigenvalue weighted by atomic mass is 10.1. The van der Waals surface area contributed by atoms with Crippen molar-refractivity contribution in [3.8, 4) is 0 Å². The summed E-state index contributed by atoms with van der Waals surface area (Å²) in [5, 5.41) is 0. The van der Waals surface area contributed by atoms with Gasteiger partial charge in [-0.3, -0.25) is 4.98 Å². The van der Waals surface area contributed by atoms with Crippen molar-refractivity contribution in [3.05, 3.63) is 58.3 Å². The summed E-state index contributed by atoms with van der Waals surface area (Å²) in [4.78, 5) is 6.63. The van der Waals surface area contributed by atoms with Crippen molar-refractivity contribution in [1.29, 1.82) is 0 Å². The second-order valence-electron chi connectivity index (χ2n) is 4.94. The third kappa shape index (κ3) is 3.81. The highest BCUT2D eigenvalue weighted by molar-refractivity contribution is 9.10. The second kappa shape index (κ2) is 6.86. The van der Waals surface area contributed by atoms with Crippen molar-refractivity contribution in [3.63, 3.8) is 0 Å². The van der Waals surface area contributed by atoms with Gasteiger partial charge in [-0.25, -0.2) is 0 Å². The molecule has 0 fully saturated rings. The molecule has 106 valence electrons. The molecule has 0 amide bonds. The molecular formula is C16H20BrN3. The van der Waals surface area contributed by atoms with Crippen LogP contribution in [0.1, 0.15) is 30.6 Å². The Balaban J connectivity index is 2.07. The van der Waals surface area contributed by atoms with Gasteiger partial charge >= 0.3 is 0 Å². The minimum absolute atomic E-state index is 0.0273. The monoisotopic (exact) mass is 333 g/mol. The van der Waals surface area contributed by atoms with Crippen LogP contribution in [0, 0.1) is 0 Å². The van der Waals surface area contributed by atoms with Crippen LogP contribution in [0.4, 0.5) is 5.69 Å². The van der Waals surface area contributed by atoms with Gasteiger partial charge in [-0.15, -0.1) is 0 Å². The van der Waals surface area contributed by atoms with Crippen LogP contribution < -0.4 is 10.6 Å². The first-order valence-electron chi connectivity index (χ1n) is 6.77. The molecule has 20 heavy (non-hydrogen) atoms. The number of nitrogens with two attached hydrogens (primary N) is 1. The average Bonchev–Trinajstić information content (AvgIpc) is 2.46. The molecule has 4 heteroatoms. The Hall–Kier alpha value is -1.39. The van der Waals surface area contributed by atoms with E-state index in [1.807, 2.05) is 18.3 Å². The lowest BCUT2D eigenvalue weighted by Gasteiger charge is -2.20. The molecule has 1 aromatic heterocycles. The normalized spacial score (nSPS) is 12.2. The molecule has 2 rings (SSSR count). The topological polar surface area (TPSA) is 42.1 Å². The zero-order valence-corrected chi connectivity index (χ0v) is 13.5. The Morgan fingerprint density at radius 2 is 2.10 bits per heavy atom. The molecule has 2 N–H and O–H groups in total. The highest BCUT2D eigenvalue weighted by Gasteiger charge is 2.07. The number of nitrogens with zero attached hydrogens (tertiary/aromatic N) is 2. The number of hydrogen-bond donors (Lipinski definition) is 1. The Kier molecular flexibility index (Phi) is 5.15. The van der Waals surface area contributed by atoms with Crippen molar-refractivity contribution >= 4 is 21.6 Å². The van der Waals surface area contributed by atoms with Gasteiger partial charge in [0.2, 0.25) is 0 Å². The van der Waals surface area contributed by atoms with E-state index in [9.17, 15) is 0 Å². The van der Waals surface area contributed by atoms with Gasteiger partial charge in [0.15, 0.2) is 0 Å². The zero-order valence-electron chi connectivity index (χ0n) is 11.9. The predicted octanol–water partition coefficient (Wildman–Crippen LogP) is 3.89. The van der Waals surface area contributed by atoms with Gasteiger partial charge < -0.3 is 10.6 Å². The molecule has 0 bridgehead atoms. The van der Waals surface area contributed by atoms with E-state index in [0.29, 0.717) is 0 Å². The molecular weight excluding hydrogens is 314 g/mol. The Morgan fingerprint density at radius 3 is 2.70 bits per heavy atom. The molecule has 0 radical (unpaired) electrons. The summed E-state index contributed by atoms with van der Waals surface area (Å²) in [6.07, 6.45) is 2.79. The van der Waals surface area contributed by atoms with Gasteiger partial charge in [-0.1, -0.05) is 35.0 Å². The first-order chi connectivity index (χ1) is 9.60. The highest BCUT2D eigenvalue weighted by Crippen LogP contribution is 2.19. The molecule has 0 saturated carbocycles. The predicted molar refractivity (Wildman–Crippen MR) is 87.7 cm³/mol. The van der Waals surface area contributed by atoms with Crippen LogP contribution in [-0.2, 0) is 6.54 Å². The van der Waals surface area contributed by atoms with Crippen molar-refractivity contribution in [2.45, 2.75) is 25.9 Å². The Morgan fingerprint density at radius 1 is 1.30 bits per heavy atom. The van der Waals surface area contributed by atoms with E-state index in [0.717, 1.165) is 28.8 Å². The van der Waals surface area contributed by atoms with Gasteiger partial charge in [0, 0.05) is 24.1 Å². The molecule has 3 nitrogen and oxygen atoms in total. The molecule has 1 heterocycles. The van der Waals surface area contributed by atoms with E-state index in [-0.39, 0.29) is 6.04 Å². The van der Waals surface area contributed by atoms with Gasteiger partial charge in [-0.2, -0.15) is 0 Å². The third-order valence-electron chi connectivity index (χ3n) is 3.34. The highest BCUT2D eigenvalue weighted by atomic mass is 79.9. The minimum Gasteiger partial charge on any atom is -0.369 e. The summed E-state index contributed by atoms with van der Waals surface area (Å²) >= 11 is 3.50. The van der Waals surface area contributed by atoms with E-state index in [1.165, 1.54) is 5.56 Å². The largest absolute Gasteiger partial charge is 0.369 e. The number of halogens is 1. The summed E-state index contributed by atoms with van der Waals surface area (Å²) in [5.74, 6) is 0. The van der Waals surface area contributed by atoms with Crippen LogP contribution in [0.2, 0.25) is 0 Å². The minimum atomic E-state index is 0.0273. The van der Waals surface area contributed by atoms with Crippen molar-refractivity contribution in [2.24, 2.45) is 5.73 Å². The fourth-order valence-electron chi connectivity index (χ4n) is 2.05. The second-order valence-corrected chi connectivity index (χ2v) is 5.86. The van der Waals surface area contributed by atoms with Crippen LogP contribution in [-0.4, -0.2) is 12.0 Å². The molecule has 0 aliphatic rings. The van der Waals surface area contributed by atoms with E-state index >= 15 is 0 Å². The van der Waals surface area contributed by atoms with E-state index in [4.69, 9.17) is 5.73 Å². The lowest BCUT2D eigenvalue weighted by molar-refractivity contribution is 0.675. The lowest BCUT2D eigenvalue weighted by Crippen LogP contribution is -2.17. The van der Waals surface area contributed by atoms with Crippen LogP contribution in [0.15, 0.2) is 47.1 Å². The fourth-order valence-corrected chi connectivity index (χ4v) is 2.50. The molecule has 0 saturated heterocycles. The summed E-state index contributed by atoms with van der Waals surface area (Å²) in [6, 6.07) is 12.5. The van der Waals surface area contributed by atoms with Gasteiger partial charge in [0.1, 0.15) is 0 Å². The molecule has 0 aliphatic carbocycles. The smallest absolute Gasteiger partial charge is 0.0572 e. The molecule has 0 spiro atoms. The average molecular weight is 334 g/mol. The summed E-state index contributed by atoms with van der Waals surface area (Å²) in [6.45, 7) is 2.92. The standard InChI is InChI=1S/C16H20BrN3/c1-3-15(18)16-8-7-14(10-19-16)20(2)11-12-5-4-6-13(17)9-12/h4-10,15H,3,11,18H2,1-2H3/t15-/m1/s1. The maximum Gasteiger partial charge on any atom is 0.0572 e. The van der Waals surface area contributed by atoms with E-state index in [1.54, 1.807) is 0 Å². The molecule has 0 aliphatic heterocycles.